The van der Waals surface area contributed by atoms with Gasteiger partial charge < -0.3 is 5.32 Å². The minimum atomic E-state index is 0.461. The second kappa shape index (κ2) is 5.50. The molecule has 84 valence electrons. The number of pyridine rings is 1. The molecule has 2 nitrogen and oxygen atoms in total. The van der Waals surface area contributed by atoms with Gasteiger partial charge in [0.05, 0.1) is 5.69 Å². The molecule has 0 saturated heterocycles. The average Bonchev–Trinajstić information content (AvgIpc) is 2.22. The van der Waals surface area contributed by atoms with Gasteiger partial charge in [-0.2, -0.15) is 0 Å². The summed E-state index contributed by atoms with van der Waals surface area (Å²) in [6.07, 6.45) is 1.18. The zero-order valence-corrected chi connectivity index (χ0v) is 11.4. The van der Waals surface area contributed by atoms with E-state index in [4.69, 9.17) is 0 Å². The summed E-state index contributed by atoms with van der Waals surface area (Å²) in [5.74, 6) is 1.62. The van der Waals surface area contributed by atoms with Crippen molar-refractivity contribution in [3.8, 4) is 0 Å². The molecule has 2 unspecified atom stereocenters. The molecule has 0 amide bonds. The third kappa shape index (κ3) is 3.49. The van der Waals surface area contributed by atoms with E-state index in [2.05, 4.69) is 47.0 Å². The van der Waals surface area contributed by atoms with Gasteiger partial charge in [0.15, 0.2) is 0 Å². The first kappa shape index (κ1) is 12.5. The van der Waals surface area contributed by atoms with Gasteiger partial charge in [-0.25, -0.2) is 4.98 Å². The van der Waals surface area contributed by atoms with Crippen LogP contribution in [0.1, 0.15) is 32.9 Å². The Morgan fingerprint density at radius 2 is 2.07 bits per heavy atom. The fraction of sp³-hybridized carbons (Fsp3) is 0.583. The number of aryl methyl sites for hydroxylation is 1. The third-order valence-electron chi connectivity index (χ3n) is 2.89. The number of rotatable bonds is 4. The Hall–Kier alpha value is -0.570. The largest absolute Gasteiger partial charge is 0.367 e. The first-order valence-corrected chi connectivity index (χ1v) is 6.23. The summed E-state index contributed by atoms with van der Waals surface area (Å²) in [6, 6.07) is 4.51. The summed E-state index contributed by atoms with van der Waals surface area (Å²) in [4.78, 5) is 4.47. The van der Waals surface area contributed by atoms with Gasteiger partial charge in [0.2, 0.25) is 0 Å². The van der Waals surface area contributed by atoms with Crippen LogP contribution in [0.2, 0.25) is 0 Å². The van der Waals surface area contributed by atoms with Crippen LogP contribution in [0.15, 0.2) is 16.6 Å². The molecule has 0 aliphatic rings. The van der Waals surface area contributed by atoms with E-state index in [1.165, 1.54) is 6.42 Å². The highest BCUT2D eigenvalue weighted by atomic mass is 79.9. The minimum absolute atomic E-state index is 0.461. The minimum Gasteiger partial charge on any atom is -0.367 e. The molecule has 0 aliphatic carbocycles. The number of hydrogen-bond donors (Lipinski definition) is 1. The predicted octanol–water partition coefficient (Wildman–Crippen LogP) is 4.00. The average molecular weight is 271 g/mol. The fourth-order valence-corrected chi connectivity index (χ4v) is 1.57. The molecule has 0 aliphatic heterocycles. The molecule has 15 heavy (non-hydrogen) atoms. The van der Waals surface area contributed by atoms with Gasteiger partial charge in [0, 0.05) is 10.5 Å². The molecule has 1 heterocycles. The first-order valence-electron chi connectivity index (χ1n) is 5.44. The molecule has 1 N–H and O–H groups in total. The number of hydrogen-bond acceptors (Lipinski definition) is 2. The number of nitrogens with zero attached hydrogens (tertiary/aromatic N) is 1. The predicted molar refractivity (Wildman–Crippen MR) is 69.2 cm³/mol. The number of halogens is 1. The van der Waals surface area contributed by atoms with E-state index in [9.17, 15) is 0 Å². The summed E-state index contributed by atoms with van der Waals surface area (Å²) in [7, 11) is 0. The second-order valence-electron chi connectivity index (χ2n) is 4.08. The molecule has 2 atom stereocenters. The maximum Gasteiger partial charge on any atom is 0.126 e. The van der Waals surface area contributed by atoms with Gasteiger partial charge >= 0.3 is 0 Å². The summed E-state index contributed by atoms with van der Waals surface area (Å²) < 4.78 is 1.06. The van der Waals surface area contributed by atoms with Crippen molar-refractivity contribution in [3.05, 3.63) is 22.3 Å². The van der Waals surface area contributed by atoms with E-state index in [1.54, 1.807) is 0 Å². The van der Waals surface area contributed by atoms with Crippen molar-refractivity contribution in [1.29, 1.82) is 0 Å². The monoisotopic (exact) mass is 270 g/mol. The molecule has 0 spiro atoms. The van der Waals surface area contributed by atoms with Crippen LogP contribution in [0.5, 0.6) is 0 Å². The highest BCUT2D eigenvalue weighted by molar-refractivity contribution is 9.10. The molecule has 1 aromatic rings. The van der Waals surface area contributed by atoms with Crippen molar-refractivity contribution in [2.75, 3.05) is 5.32 Å². The molecule has 1 rings (SSSR count). The van der Waals surface area contributed by atoms with Crippen molar-refractivity contribution in [1.82, 2.24) is 4.98 Å². The van der Waals surface area contributed by atoms with E-state index in [0.717, 1.165) is 16.0 Å². The van der Waals surface area contributed by atoms with Gasteiger partial charge in [-0.1, -0.05) is 20.3 Å². The number of aromatic nitrogens is 1. The summed E-state index contributed by atoms with van der Waals surface area (Å²) in [5.41, 5.74) is 1.02. The first-order chi connectivity index (χ1) is 7.04. The molecular formula is C12H19BrN2. The Balaban J connectivity index is 2.68. The smallest absolute Gasteiger partial charge is 0.126 e. The van der Waals surface area contributed by atoms with Crippen LogP contribution in [0.3, 0.4) is 0 Å². The van der Waals surface area contributed by atoms with Crippen molar-refractivity contribution in [2.24, 2.45) is 5.92 Å². The van der Waals surface area contributed by atoms with Crippen LogP contribution in [-0.2, 0) is 0 Å². The fourth-order valence-electron chi connectivity index (χ4n) is 1.35. The summed E-state index contributed by atoms with van der Waals surface area (Å²) >= 11 is 3.45. The molecule has 0 aromatic carbocycles. The molecule has 3 heteroatoms. The topological polar surface area (TPSA) is 24.9 Å². The Labute approximate surface area is 101 Å². The Morgan fingerprint density at radius 1 is 1.40 bits per heavy atom. The number of nitrogens with one attached hydrogen (secondary N) is 1. The van der Waals surface area contributed by atoms with E-state index >= 15 is 0 Å². The van der Waals surface area contributed by atoms with Gasteiger partial charge in [-0.15, -0.1) is 0 Å². The quantitative estimate of drug-likeness (QED) is 0.895. The van der Waals surface area contributed by atoms with Crippen molar-refractivity contribution < 1.29 is 0 Å². The van der Waals surface area contributed by atoms with E-state index in [-0.39, 0.29) is 0 Å². The van der Waals surface area contributed by atoms with Crippen molar-refractivity contribution in [3.63, 3.8) is 0 Å². The van der Waals surface area contributed by atoms with E-state index in [0.29, 0.717) is 12.0 Å². The van der Waals surface area contributed by atoms with Crippen LogP contribution in [0.25, 0.3) is 0 Å². The van der Waals surface area contributed by atoms with Crippen molar-refractivity contribution in [2.45, 2.75) is 40.2 Å². The summed E-state index contributed by atoms with van der Waals surface area (Å²) in [6.45, 7) is 8.67. The molecule has 0 saturated carbocycles. The highest BCUT2D eigenvalue weighted by Crippen LogP contribution is 2.18. The Kier molecular flexibility index (Phi) is 4.58. The maximum atomic E-state index is 4.47. The Bertz CT molecular complexity index is 325. The normalized spacial score (nSPS) is 14.7. The van der Waals surface area contributed by atoms with Crippen LogP contribution in [0.4, 0.5) is 5.82 Å². The lowest BCUT2D eigenvalue weighted by Gasteiger charge is -2.20. The summed E-state index contributed by atoms with van der Waals surface area (Å²) in [5, 5.41) is 3.43. The van der Waals surface area contributed by atoms with Crippen LogP contribution in [-0.4, -0.2) is 11.0 Å². The van der Waals surface area contributed by atoms with E-state index < -0.39 is 0 Å². The lowest BCUT2D eigenvalue weighted by atomic mass is 10.0. The number of anilines is 1. The van der Waals surface area contributed by atoms with Gasteiger partial charge in [-0.3, -0.25) is 0 Å². The van der Waals surface area contributed by atoms with Crippen LogP contribution >= 0.6 is 15.9 Å². The molecule has 0 fully saturated rings. The van der Waals surface area contributed by atoms with E-state index in [1.807, 2.05) is 19.1 Å². The molecule has 0 bridgehead atoms. The van der Waals surface area contributed by atoms with Crippen LogP contribution in [0, 0.1) is 12.8 Å². The van der Waals surface area contributed by atoms with Crippen molar-refractivity contribution >= 4 is 21.7 Å². The zero-order chi connectivity index (χ0) is 11.4. The zero-order valence-electron chi connectivity index (χ0n) is 9.84. The van der Waals surface area contributed by atoms with Crippen LogP contribution < -0.4 is 5.32 Å². The Morgan fingerprint density at radius 3 is 2.60 bits per heavy atom. The standard InChI is InChI=1S/C12H19BrN2/c1-5-8(2)9(3)14-12-7-6-11(13)10(4)15-12/h6-9H,5H2,1-4H3,(H,14,15). The highest BCUT2D eigenvalue weighted by Gasteiger charge is 2.10. The van der Waals surface area contributed by atoms with Gasteiger partial charge in [0.25, 0.3) is 0 Å². The van der Waals surface area contributed by atoms with Gasteiger partial charge in [-0.05, 0) is 47.8 Å². The van der Waals surface area contributed by atoms with Gasteiger partial charge in [0.1, 0.15) is 5.82 Å². The maximum absolute atomic E-state index is 4.47. The lowest BCUT2D eigenvalue weighted by Crippen LogP contribution is -2.23. The molecular weight excluding hydrogens is 252 g/mol. The lowest BCUT2D eigenvalue weighted by molar-refractivity contribution is 0.493. The third-order valence-corrected chi connectivity index (χ3v) is 3.73. The molecule has 1 aromatic heterocycles. The SMILES string of the molecule is CCC(C)C(C)Nc1ccc(Br)c(C)n1. The second-order valence-corrected chi connectivity index (χ2v) is 4.94. The molecule has 0 radical (unpaired) electrons.